The van der Waals surface area contributed by atoms with Gasteiger partial charge < -0.3 is 14.6 Å². The standard InChI is InChI=1S/C12H15ClO3/c1-12(9-3-2-4-10(13)7-9)15-8-11(16-12)5-6-14/h2-4,7,11,14H,5-6,8H2,1H3. The average Bonchev–Trinajstić information content (AvgIpc) is 2.62. The molecule has 1 aliphatic rings. The molecule has 1 fully saturated rings. The highest BCUT2D eigenvalue weighted by atomic mass is 35.5. The molecule has 88 valence electrons. The van der Waals surface area contributed by atoms with E-state index in [1.807, 2.05) is 31.2 Å². The van der Waals surface area contributed by atoms with Crippen LogP contribution in [0.25, 0.3) is 0 Å². The lowest BCUT2D eigenvalue weighted by atomic mass is 10.1. The summed E-state index contributed by atoms with van der Waals surface area (Å²) in [6.45, 7) is 2.49. The van der Waals surface area contributed by atoms with Crippen LogP contribution in [0.3, 0.4) is 0 Å². The summed E-state index contributed by atoms with van der Waals surface area (Å²) in [5.41, 5.74) is 0.903. The molecule has 0 aliphatic carbocycles. The number of aliphatic hydroxyl groups is 1. The van der Waals surface area contributed by atoms with Crippen LogP contribution in [0.15, 0.2) is 24.3 Å². The summed E-state index contributed by atoms with van der Waals surface area (Å²) in [6.07, 6.45) is 0.546. The molecule has 4 heteroatoms. The third-order valence-corrected chi connectivity index (χ3v) is 2.97. The van der Waals surface area contributed by atoms with Crippen molar-refractivity contribution in [3.63, 3.8) is 0 Å². The van der Waals surface area contributed by atoms with Gasteiger partial charge in [0.05, 0.1) is 12.7 Å². The van der Waals surface area contributed by atoms with Crippen LogP contribution in [0.5, 0.6) is 0 Å². The molecular formula is C12H15ClO3. The first-order valence-corrected chi connectivity index (χ1v) is 5.70. The molecule has 16 heavy (non-hydrogen) atoms. The van der Waals surface area contributed by atoms with Crippen LogP contribution < -0.4 is 0 Å². The molecule has 0 aromatic heterocycles. The zero-order valence-electron chi connectivity index (χ0n) is 9.15. The average molecular weight is 243 g/mol. The molecule has 1 heterocycles. The fourth-order valence-corrected chi connectivity index (χ4v) is 2.04. The molecule has 0 spiro atoms. The van der Waals surface area contributed by atoms with Gasteiger partial charge >= 0.3 is 0 Å². The Bertz CT molecular complexity index is 369. The molecule has 2 rings (SSSR count). The Kier molecular flexibility index (Phi) is 3.50. The minimum atomic E-state index is -0.745. The minimum absolute atomic E-state index is 0.0472. The quantitative estimate of drug-likeness (QED) is 0.884. The predicted octanol–water partition coefficient (Wildman–Crippen LogP) is 2.31. The SMILES string of the molecule is CC1(c2cccc(Cl)c2)OCC(CCO)O1. The van der Waals surface area contributed by atoms with Gasteiger partial charge in [-0.2, -0.15) is 0 Å². The number of ether oxygens (including phenoxy) is 2. The van der Waals surface area contributed by atoms with Crippen molar-refractivity contribution < 1.29 is 14.6 Å². The summed E-state index contributed by atoms with van der Waals surface area (Å²) >= 11 is 5.93. The lowest BCUT2D eigenvalue weighted by molar-refractivity contribution is -0.163. The highest BCUT2D eigenvalue weighted by molar-refractivity contribution is 6.30. The van der Waals surface area contributed by atoms with Gasteiger partial charge in [0, 0.05) is 17.2 Å². The molecule has 3 nitrogen and oxygen atoms in total. The molecule has 0 radical (unpaired) electrons. The largest absolute Gasteiger partial charge is 0.396 e. The topological polar surface area (TPSA) is 38.7 Å². The van der Waals surface area contributed by atoms with E-state index < -0.39 is 5.79 Å². The summed E-state index contributed by atoms with van der Waals surface area (Å²) in [6, 6.07) is 7.44. The first kappa shape index (κ1) is 11.9. The molecule has 1 saturated heterocycles. The fraction of sp³-hybridized carbons (Fsp3) is 0.500. The van der Waals surface area contributed by atoms with E-state index in [0.717, 1.165) is 5.56 Å². The lowest BCUT2D eigenvalue weighted by Crippen LogP contribution is -2.24. The molecule has 1 N–H and O–H groups in total. The third-order valence-electron chi connectivity index (χ3n) is 2.74. The molecule has 1 aromatic rings. The van der Waals surface area contributed by atoms with Crippen molar-refractivity contribution in [1.29, 1.82) is 0 Å². The van der Waals surface area contributed by atoms with Crippen molar-refractivity contribution in [1.82, 2.24) is 0 Å². The number of benzene rings is 1. The molecule has 2 unspecified atom stereocenters. The van der Waals surface area contributed by atoms with Crippen LogP contribution in [0, 0.1) is 0 Å². The summed E-state index contributed by atoms with van der Waals surface area (Å²) < 4.78 is 11.4. The van der Waals surface area contributed by atoms with Crippen LogP contribution in [-0.4, -0.2) is 24.4 Å². The van der Waals surface area contributed by atoms with Crippen LogP contribution in [0.1, 0.15) is 18.9 Å². The van der Waals surface area contributed by atoms with Crippen LogP contribution in [0.2, 0.25) is 5.02 Å². The first-order valence-electron chi connectivity index (χ1n) is 5.33. The molecule has 0 saturated carbocycles. The van der Waals surface area contributed by atoms with E-state index in [4.69, 9.17) is 26.2 Å². The Labute approximate surface area is 99.9 Å². The second kappa shape index (κ2) is 4.72. The van der Waals surface area contributed by atoms with E-state index in [9.17, 15) is 0 Å². The lowest BCUT2D eigenvalue weighted by Gasteiger charge is -2.23. The van der Waals surface area contributed by atoms with Gasteiger partial charge in [-0.25, -0.2) is 0 Å². The first-order chi connectivity index (χ1) is 7.64. The molecular weight excluding hydrogens is 228 g/mol. The smallest absolute Gasteiger partial charge is 0.192 e. The fourth-order valence-electron chi connectivity index (χ4n) is 1.85. The Morgan fingerprint density at radius 1 is 1.56 bits per heavy atom. The van der Waals surface area contributed by atoms with Crippen molar-refractivity contribution in [2.24, 2.45) is 0 Å². The van der Waals surface area contributed by atoms with E-state index in [1.54, 1.807) is 0 Å². The van der Waals surface area contributed by atoms with Crippen LogP contribution in [-0.2, 0) is 15.3 Å². The van der Waals surface area contributed by atoms with Crippen molar-refractivity contribution in [2.45, 2.75) is 25.2 Å². The van der Waals surface area contributed by atoms with Gasteiger partial charge in [0.25, 0.3) is 0 Å². The molecule has 1 aromatic carbocycles. The Hall–Kier alpha value is -0.610. The predicted molar refractivity (Wildman–Crippen MR) is 61.3 cm³/mol. The Morgan fingerprint density at radius 3 is 3.06 bits per heavy atom. The second-order valence-electron chi connectivity index (χ2n) is 4.02. The van der Waals surface area contributed by atoms with E-state index >= 15 is 0 Å². The van der Waals surface area contributed by atoms with E-state index in [1.165, 1.54) is 0 Å². The summed E-state index contributed by atoms with van der Waals surface area (Å²) in [4.78, 5) is 0. The number of aliphatic hydroxyl groups excluding tert-OH is 1. The van der Waals surface area contributed by atoms with Gasteiger partial charge in [0.1, 0.15) is 0 Å². The monoisotopic (exact) mass is 242 g/mol. The molecule has 0 bridgehead atoms. The van der Waals surface area contributed by atoms with Crippen LogP contribution in [0.4, 0.5) is 0 Å². The van der Waals surface area contributed by atoms with Crippen molar-refractivity contribution in [3.05, 3.63) is 34.9 Å². The van der Waals surface area contributed by atoms with Gasteiger partial charge in [-0.1, -0.05) is 23.7 Å². The van der Waals surface area contributed by atoms with Gasteiger partial charge in [-0.3, -0.25) is 0 Å². The third kappa shape index (κ3) is 2.38. The van der Waals surface area contributed by atoms with Crippen molar-refractivity contribution in [3.8, 4) is 0 Å². The second-order valence-corrected chi connectivity index (χ2v) is 4.46. The van der Waals surface area contributed by atoms with E-state index in [2.05, 4.69) is 0 Å². The molecule has 0 amide bonds. The maximum absolute atomic E-state index is 8.85. The van der Waals surface area contributed by atoms with E-state index in [0.29, 0.717) is 18.1 Å². The van der Waals surface area contributed by atoms with Crippen molar-refractivity contribution in [2.75, 3.05) is 13.2 Å². The van der Waals surface area contributed by atoms with Gasteiger partial charge in [-0.15, -0.1) is 0 Å². The Balaban J connectivity index is 2.15. The molecule has 2 atom stereocenters. The Morgan fingerprint density at radius 2 is 2.38 bits per heavy atom. The normalized spacial score (nSPS) is 29.6. The number of hydrogen-bond acceptors (Lipinski definition) is 3. The van der Waals surface area contributed by atoms with Gasteiger partial charge in [-0.05, 0) is 25.5 Å². The number of rotatable bonds is 3. The summed E-state index contributed by atoms with van der Waals surface area (Å²) in [5.74, 6) is -0.745. The number of halogens is 1. The van der Waals surface area contributed by atoms with E-state index in [-0.39, 0.29) is 12.7 Å². The minimum Gasteiger partial charge on any atom is -0.396 e. The van der Waals surface area contributed by atoms with Gasteiger partial charge in [0.2, 0.25) is 0 Å². The summed E-state index contributed by atoms with van der Waals surface area (Å²) in [7, 11) is 0. The number of hydrogen-bond donors (Lipinski definition) is 1. The highest BCUT2D eigenvalue weighted by Crippen LogP contribution is 2.35. The zero-order chi connectivity index (χ0) is 11.6. The summed E-state index contributed by atoms with van der Waals surface area (Å²) in [5, 5.41) is 9.52. The molecule has 1 aliphatic heterocycles. The highest BCUT2D eigenvalue weighted by Gasteiger charge is 2.38. The van der Waals surface area contributed by atoms with Gasteiger partial charge in [0.15, 0.2) is 5.79 Å². The van der Waals surface area contributed by atoms with Crippen LogP contribution >= 0.6 is 11.6 Å². The van der Waals surface area contributed by atoms with Crippen molar-refractivity contribution >= 4 is 11.6 Å². The zero-order valence-corrected chi connectivity index (χ0v) is 9.91. The maximum atomic E-state index is 8.85. The maximum Gasteiger partial charge on any atom is 0.192 e.